The second-order valence-corrected chi connectivity index (χ2v) is 9.05. The van der Waals surface area contributed by atoms with Crippen LogP contribution < -0.4 is 4.31 Å². The molecule has 2 aromatic rings. The topological polar surface area (TPSA) is 60.9 Å². The predicted molar refractivity (Wildman–Crippen MR) is 112 cm³/mol. The molecule has 0 atom stereocenters. The highest BCUT2D eigenvalue weighted by Crippen LogP contribution is 2.26. The Morgan fingerprint density at radius 3 is 2.32 bits per heavy atom. The average Bonchev–Trinajstić information content (AvgIpc) is 2.73. The molecule has 2 aromatic carbocycles. The van der Waals surface area contributed by atoms with Crippen LogP contribution in [0.4, 0.5) is 5.69 Å². The van der Waals surface area contributed by atoms with Crippen LogP contribution in [0.5, 0.6) is 0 Å². The zero-order chi connectivity index (χ0) is 20.3. The van der Waals surface area contributed by atoms with Crippen LogP contribution in [-0.4, -0.2) is 63.9 Å². The molecule has 1 heterocycles. The van der Waals surface area contributed by atoms with Gasteiger partial charge in [-0.25, -0.2) is 8.42 Å². The van der Waals surface area contributed by atoms with Crippen LogP contribution in [-0.2, 0) is 10.0 Å². The molecular formula is C20H24ClN3O3S. The van der Waals surface area contributed by atoms with E-state index in [1.54, 1.807) is 29.2 Å². The van der Waals surface area contributed by atoms with Gasteiger partial charge in [-0.15, -0.1) is 0 Å². The minimum absolute atomic E-state index is 0.0406. The number of sulfonamides is 1. The SMILES string of the molecule is CCN1CCN(C(=O)c2cc(S(=O)(=O)N(C)c3ccccc3)ccc2Cl)CC1. The van der Waals surface area contributed by atoms with Crippen molar-refractivity contribution >= 4 is 33.2 Å². The Morgan fingerprint density at radius 1 is 1.07 bits per heavy atom. The summed E-state index contributed by atoms with van der Waals surface area (Å²) in [6.45, 7) is 5.84. The molecule has 3 rings (SSSR count). The first-order chi connectivity index (χ1) is 13.3. The molecule has 1 aliphatic rings. The van der Waals surface area contributed by atoms with Crippen molar-refractivity contribution in [2.24, 2.45) is 0 Å². The van der Waals surface area contributed by atoms with E-state index in [1.807, 2.05) is 6.07 Å². The fraction of sp³-hybridized carbons (Fsp3) is 0.350. The van der Waals surface area contributed by atoms with E-state index in [9.17, 15) is 13.2 Å². The molecule has 6 nitrogen and oxygen atoms in total. The number of benzene rings is 2. The van der Waals surface area contributed by atoms with Crippen LogP contribution in [0.3, 0.4) is 0 Å². The van der Waals surface area contributed by atoms with Gasteiger partial charge in [-0.2, -0.15) is 0 Å². The molecule has 0 N–H and O–H groups in total. The summed E-state index contributed by atoms with van der Waals surface area (Å²) in [5.74, 6) is -0.236. The maximum atomic E-state index is 13.0. The van der Waals surface area contributed by atoms with E-state index < -0.39 is 10.0 Å². The lowest BCUT2D eigenvalue weighted by molar-refractivity contribution is 0.0643. The number of hydrogen-bond donors (Lipinski definition) is 0. The molecule has 0 saturated carbocycles. The van der Waals surface area contributed by atoms with Gasteiger partial charge in [0.15, 0.2) is 0 Å². The van der Waals surface area contributed by atoms with Crippen molar-refractivity contribution in [3.05, 3.63) is 59.1 Å². The number of anilines is 1. The zero-order valence-electron chi connectivity index (χ0n) is 16.0. The molecule has 0 radical (unpaired) electrons. The number of amides is 1. The monoisotopic (exact) mass is 421 g/mol. The molecule has 1 aliphatic heterocycles. The number of halogens is 1. The number of likely N-dealkylation sites (N-methyl/N-ethyl adjacent to an activating group) is 1. The van der Waals surface area contributed by atoms with Crippen molar-refractivity contribution in [1.29, 1.82) is 0 Å². The Balaban J connectivity index is 1.88. The largest absolute Gasteiger partial charge is 0.336 e. The highest BCUT2D eigenvalue weighted by Gasteiger charge is 2.27. The summed E-state index contributed by atoms with van der Waals surface area (Å²) >= 11 is 6.25. The van der Waals surface area contributed by atoms with Crippen LogP contribution in [0.25, 0.3) is 0 Å². The summed E-state index contributed by atoms with van der Waals surface area (Å²) in [6.07, 6.45) is 0. The van der Waals surface area contributed by atoms with Gasteiger partial charge in [-0.3, -0.25) is 9.10 Å². The molecule has 0 bridgehead atoms. The van der Waals surface area contributed by atoms with E-state index in [1.165, 1.54) is 29.6 Å². The number of piperazine rings is 1. The smallest absolute Gasteiger partial charge is 0.264 e. The third-order valence-electron chi connectivity index (χ3n) is 5.05. The summed E-state index contributed by atoms with van der Waals surface area (Å²) in [5, 5.41) is 0.254. The first-order valence-electron chi connectivity index (χ1n) is 9.19. The summed E-state index contributed by atoms with van der Waals surface area (Å²) in [7, 11) is -2.32. The van der Waals surface area contributed by atoms with E-state index in [0.29, 0.717) is 18.8 Å². The van der Waals surface area contributed by atoms with Crippen molar-refractivity contribution in [2.45, 2.75) is 11.8 Å². The standard InChI is InChI=1S/C20H24ClN3O3S/c1-3-23-11-13-24(14-12-23)20(25)18-15-17(9-10-19(18)21)28(26,27)22(2)16-7-5-4-6-8-16/h4-10,15H,3,11-14H2,1-2H3. The molecule has 0 unspecified atom stereocenters. The average molecular weight is 422 g/mol. The number of hydrogen-bond acceptors (Lipinski definition) is 4. The van der Waals surface area contributed by atoms with Crippen molar-refractivity contribution in [2.75, 3.05) is 44.1 Å². The molecule has 150 valence electrons. The normalized spacial score (nSPS) is 15.5. The Hall–Kier alpha value is -2.09. The van der Waals surface area contributed by atoms with Crippen LogP contribution in [0, 0.1) is 0 Å². The van der Waals surface area contributed by atoms with Gasteiger partial charge in [0.2, 0.25) is 0 Å². The Labute approximate surface area is 171 Å². The zero-order valence-corrected chi connectivity index (χ0v) is 17.6. The number of para-hydroxylation sites is 1. The van der Waals surface area contributed by atoms with Crippen LogP contribution in [0.15, 0.2) is 53.4 Å². The summed E-state index contributed by atoms with van der Waals surface area (Å²) < 4.78 is 27.3. The Kier molecular flexibility index (Phi) is 6.27. The van der Waals surface area contributed by atoms with E-state index in [2.05, 4.69) is 11.8 Å². The van der Waals surface area contributed by atoms with Crippen molar-refractivity contribution in [3.63, 3.8) is 0 Å². The molecule has 0 aromatic heterocycles. The van der Waals surface area contributed by atoms with Crippen LogP contribution in [0.2, 0.25) is 5.02 Å². The Morgan fingerprint density at radius 2 is 1.71 bits per heavy atom. The quantitative estimate of drug-likeness (QED) is 0.744. The fourth-order valence-electron chi connectivity index (χ4n) is 3.20. The number of carbonyl (C=O) groups excluding carboxylic acids is 1. The molecule has 28 heavy (non-hydrogen) atoms. The van der Waals surface area contributed by atoms with E-state index in [-0.39, 0.29) is 21.4 Å². The minimum Gasteiger partial charge on any atom is -0.336 e. The van der Waals surface area contributed by atoms with Gasteiger partial charge >= 0.3 is 0 Å². The minimum atomic E-state index is -3.81. The van der Waals surface area contributed by atoms with Crippen LogP contribution >= 0.6 is 11.6 Å². The number of carbonyl (C=O) groups is 1. The van der Waals surface area contributed by atoms with Gasteiger partial charge < -0.3 is 9.80 Å². The molecule has 0 spiro atoms. The molecule has 1 amide bonds. The van der Waals surface area contributed by atoms with Gasteiger partial charge in [0.25, 0.3) is 15.9 Å². The molecular weight excluding hydrogens is 398 g/mol. The summed E-state index contributed by atoms with van der Waals surface area (Å²) in [5.41, 5.74) is 0.759. The summed E-state index contributed by atoms with van der Waals surface area (Å²) in [6, 6.07) is 13.1. The molecule has 1 fully saturated rings. The second-order valence-electron chi connectivity index (χ2n) is 6.68. The predicted octanol–water partition coefficient (Wildman–Crippen LogP) is 2.94. The number of nitrogens with zero attached hydrogens (tertiary/aromatic N) is 3. The first-order valence-corrected chi connectivity index (χ1v) is 11.0. The third kappa shape index (κ3) is 4.16. The van der Waals surface area contributed by atoms with Gasteiger partial charge in [0.1, 0.15) is 0 Å². The van der Waals surface area contributed by atoms with E-state index >= 15 is 0 Å². The lowest BCUT2D eigenvalue weighted by Gasteiger charge is -2.34. The fourth-order valence-corrected chi connectivity index (χ4v) is 4.62. The highest BCUT2D eigenvalue weighted by atomic mass is 35.5. The molecule has 8 heteroatoms. The number of rotatable bonds is 5. The Bertz CT molecular complexity index is 942. The van der Waals surface area contributed by atoms with Crippen LogP contribution in [0.1, 0.15) is 17.3 Å². The molecule has 0 aliphatic carbocycles. The lowest BCUT2D eigenvalue weighted by Crippen LogP contribution is -2.48. The van der Waals surface area contributed by atoms with Gasteiger partial charge in [-0.1, -0.05) is 36.7 Å². The lowest BCUT2D eigenvalue weighted by atomic mass is 10.2. The highest BCUT2D eigenvalue weighted by molar-refractivity contribution is 7.92. The second kappa shape index (κ2) is 8.51. The first kappa shape index (κ1) is 20.6. The van der Waals surface area contributed by atoms with Crippen molar-refractivity contribution in [1.82, 2.24) is 9.80 Å². The molecule has 1 saturated heterocycles. The maximum Gasteiger partial charge on any atom is 0.264 e. The van der Waals surface area contributed by atoms with Crippen molar-refractivity contribution < 1.29 is 13.2 Å². The maximum absolute atomic E-state index is 13.0. The van der Waals surface area contributed by atoms with Gasteiger partial charge in [-0.05, 0) is 36.9 Å². The third-order valence-corrected chi connectivity index (χ3v) is 7.16. The van der Waals surface area contributed by atoms with Crippen molar-refractivity contribution in [3.8, 4) is 0 Å². The van der Waals surface area contributed by atoms with Gasteiger partial charge in [0, 0.05) is 33.2 Å². The van der Waals surface area contributed by atoms with Gasteiger partial charge in [0.05, 0.1) is 21.2 Å². The van der Waals surface area contributed by atoms with E-state index in [4.69, 9.17) is 11.6 Å². The van der Waals surface area contributed by atoms with E-state index in [0.717, 1.165) is 19.6 Å². The summed E-state index contributed by atoms with van der Waals surface area (Å²) in [4.78, 5) is 17.0.